The summed E-state index contributed by atoms with van der Waals surface area (Å²) in [6.07, 6.45) is 0.534. The van der Waals surface area contributed by atoms with Crippen LogP contribution in [-0.2, 0) is 32.0 Å². The van der Waals surface area contributed by atoms with Crippen LogP contribution in [0.15, 0.2) is 18.2 Å². The van der Waals surface area contributed by atoms with Crippen molar-refractivity contribution >= 4 is 11.9 Å². The molecule has 0 aliphatic heterocycles. The van der Waals surface area contributed by atoms with E-state index in [1.165, 1.54) is 0 Å². The molecule has 140 valence electrons. The molecular weight excluding hydrogens is 322 g/mol. The second-order valence-corrected chi connectivity index (χ2v) is 7.18. The van der Waals surface area contributed by atoms with Crippen molar-refractivity contribution in [1.29, 1.82) is 0 Å². The summed E-state index contributed by atoms with van der Waals surface area (Å²) in [4.78, 5) is 23.4. The van der Waals surface area contributed by atoms with E-state index in [0.717, 1.165) is 11.1 Å². The molecule has 1 aromatic carbocycles. The predicted molar refractivity (Wildman–Crippen MR) is 95.2 cm³/mol. The van der Waals surface area contributed by atoms with E-state index in [0.29, 0.717) is 13.0 Å². The minimum atomic E-state index is -0.517. The monoisotopic (exact) mass is 351 g/mol. The molecule has 0 fully saturated rings. The number of phenols is 1. The van der Waals surface area contributed by atoms with Gasteiger partial charge in [-0.2, -0.15) is 0 Å². The number of hydrogen-bond donors (Lipinski definition) is 2. The Kier molecular flexibility index (Phi) is 7.90. The molecule has 0 bridgehead atoms. The molecule has 0 amide bonds. The molecule has 0 radical (unpaired) electrons. The van der Waals surface area contributed by atoms with Gasteiger partial charge in [-0.15, -0.1) is 0 Å². The summed E-state index contributed by atoms with van der Waals surface area (Å²) in [6.45, 7) is 9.61. The number of phenolic OH excluding ortho intramolecular Hbond substituents is 1. The van der Waals surface area contributed by atoms with Crippen molar-refractivity contribution in [2.45, 2.75) is 65.7 Å². The molecule has 0 heterocycles. The van der Waals surface area contributed by atoms with Crippen LogP contribution in [-0.4, -0.2) is 35.3 Å². The Balaban J connectivity index is 2.60. The molecule has 0 aromatic heterocycles. The summed E-state index contributed by atoms with van der Waals surface area (Å²) >= 11 is 0. The maximum atomic E-state index is 11.9. The zero-order valence-corrected chi connectivity index (χ0v) is 15.7. The van der Waals surface area contributed by atoms with Crippen molar-refractivity contribution in [1.82, 2.24) is 5.32 Å². The van der Waals surface area contributed by atoms with Gasteiger partial charge in [-0.25, -0.2) is 0 Å². The molecule has 1 aromatic rings. The summed E-state index contributed by atoms with van der Waals surface area (Å²) in [5.74, 6) is -0.457. The third-order valence-corrected chi connectivity index (χ3v) is 3.16. The highest BCUT2D eigenvalue weighted by atomic mass is 16.6. The molecule has 25 heavy (non-hydrogen) atoms. The average Bonchev–Trinajstić information content (AvgIpc) is 2.44. The largest absolute Gasteiger partial charge is 0.508 e. The first kappa shape index (κ1) is 21.0. The van der Waals surface area contributed by atoms with E-state index in [9.17, 15) is 14.7 Å². The zero-order valence-electron chi connectivity index (χ0n) is 15.7. The normalized spacial score (nSPS) is 11.4. The lowest BCUT2D eigenvalue weighted by Gasteiger charge is -2.19. The zero-order chi connectivity index (χ0) is 19.0. The highest BCUT2D eigenvalue weighted by Gasteiger charge is 2.16. The van der Waals surface area contributed by atoms with Gasteiger partial charge in [0, 0.05) is 13.0 Å². The molecule has 0 saturated carbocycles. The lowest BCUT2D eigenvalue weighted by Crippen LogP contribution is -2.26. The number of nitrogens with one attached hydrogen (secondary N) is 1. The Labute approximate surface area is 149 Å². The lowest BCUT2D eigenvalue weighted by atomic mass is 10.0. The number of esters is 2. The van der Waals surface area contributed by atoms with E-state index in [1.807, 2.05) is 20.8 Å². The van der Waals surface area contributed by atoms with Gasteiger partial charge >= 0.3 is 11.9 Å². The molecule has 6 nitrogen and oxygen atoms in total. The van der Waals surface area contributed by atoms with Crippen LogP contribution in [0.1, 0.15) is 52.2 Å². The van der Waals surface area contributed by atoms with Gasteiger partial charge in [-0.3, -0.25) is 9.59 Å². The Morgan fingerprint density at radius 3 is 2.44 bits per heavy atom. The van der Waals surface area contributed by atoms with Gasteiger partial charge in [0.2, 0.25) is 0 Å². The highest BCUT2D eigenvalue weighted by Crippen LogP contribution is 2.19. The molecule has 0 saturated heterocycles. The van der Waals surface area contributed by atoms with E-state index in [1.54, 1.807) is 32.0 Å². The maximum Gasteiger partial charge on any atom is 0.320 e. The van der Waals surface area contributed by atoms with Crippen molar-refractivity contribution in [3.05, 3.63) is 29.3 Å². The van der Waals surface area contributed by atoms with Crippen LogP contribution < -0.4 is 5.32 Å². The van der Waals surface area contributed by atoms with Crippen LogP contribution in [0.3, 0.4) is 0 Å². The third-order valence-electron chi connectivity index (χ3n) is 3.16. The Morgan fingerprint density at radius 1 is 1.16 bits per heavy atom. The fraction of sp³-hybridized carbons (Fsp3) is 0.579. The molecule has 2 N–H and O–H groups in total. The van der Waals surface area contributed by atoms with Crippen molar-refractivity contribution in [2.24, 2.45) is 0 Å². The number of carbonyl (C=O) groups excluding carboxylic acids is 2. The highest BCUT2D eigenvalue weighted by molar-refractivity contribution is 5.72. The van der Waals surface area contributed by atoms with Crippen molar-refractivity contribution < 1.29 is 24.2 Å². The van der Waals surface area contributed by atoms with Crippen molar-refractivity contribution in [2.75, 3.05) is 6.54 Å². The van der Waals surface area contributed by atoms with Crippen molar-refractivity contribution in [3.8, 4) is 5.75 Å². The molecular formula is C19H29NO5. The van der Waals surface area contributed by atoms with Crippen LogP contribution in [0.5, 0.6) is 5.75 Å². The second-order valence-electron chi connectivity index (χ2n) is 7.18. The van der Waals surface area contributed by atoms with Gasteiger partial charge in [0.15, 0.2) is 0 Å². The van der Waals surface area contributed by atoms with Crippen LogP contribution in [0.2, 0.25) is 0 Å². The third kappa shape index (κ3) is 9.10. The number of aryl methyl sites for hydroxylation is 1. The summed E-state index contributed by atoms with van der Waals surface area (Å²) < 4.78 is 10.4. The van der Waals surface area contributed by atoms with Gasteiger partial charge in [0.1, 0.15) is 11.4 Å². The maximum absolute atomic E-state index is 11.9. The smallest absolute Gasteiger partial charge is 0.320 e. The number of ether oxygens (including phenoxy) is 2. The van der Waals surface area contributed by atoms with Crippen molar-refractivity contribution in [3.63, 3.8) is 0 Å². The predicted octanol–water partition coefficient (Wildman–Crippen LogP) is 2.71. The average molecular weight is 351 g/mol. The van der Waals surface area contributed by atoms with E-state index in [4.69, 9.17) is 9.47 Å². The number of benzene rings is 1. The number of carbonyl (C=O) groups is 2. The van der Waals surface area contributed by atoms with Crippen LogP contribution in [0, 0.1) is 0 Å². The molecule has 0 unspecified atom stereocenters. The summed E-state index contributed by atoms with van der Waals surface area (Å²) in [6, 6.07) is 4.99. The summed E-state index contributed by atoms with van der Waals surface area (Å²) in [5, 5.41) is 12.7. The molecule has 0 atom stereocenters. The topological polar surface area (TPSA) is 84.9 Å². The van der Waals surface area contributed by atoms with Gasteiger partial charge in [-0.1, -0.05) is 6.07 Å². The Morgan fingerprint density at radius 2 is 1.84 bits per heavy atom. The van der Waals surface area contributed by atoms with Gasteiger partial charge in [-0.05, 0) is 64.3 Å². The number of rotatable bonds is 8. The van der Waals surface area contributed by atoms with Gasteiger partial charge in [0.25, 0.3) is 0 Å². The molecule has 6 heteroatoms. The van der Waals surface area contributed by atoms with Crippen LogP contribution >= 0.6 is 0 Å². The fourth-order valence-electron chi connectivity index (χ4n) is 2.25. The molecule has 1 rings (SSSR count). The summed E-state index contributed by atoms with van der Waals surface area (Å²) in [5.41, 5.74) is 1.24. The van der Waals surface area contributed by atoms with E-state index in [-0.39, 0.29) is 36.8 Å². The van der Waals surface area contributed by atoms with E-state index < -0.39 is 5.60 Å². The van der Waals surface area contributed by atoms with Crippen LogP contribution in [0.25, 0.3) is 0 Å². The van der Waals surface area contributed by atoms with Gasteiger partial charge in [0.05, 0.1) is 12.6 Å². The first-order valence-corrected chi connectivity index (χ1v) is 8.49. The SMILES string of the molecule is CC(C)OC(=O)CNCc1ccc(O)cc1CCC(=O)OC(C)(C)C. The first-order chi connectivity index (χ1) is 11.6. The number of aromatic hydroxyl groups is 1. The quantitative estimate of drug-likeness (QED) is 0.701. The van der Waals surface area contributed by atoms with Gasteiger partial charge < -0.3 is 19.9 Å². The van der Waals surface area contributed by atoms with E-state index in [2.05, 4.69) is 5.32 Å². The Hall–Kier alpha value is -2.08. The molecule has 0 spiro atoms. The second kappa shape index (κ2) is 9.42. The Bertz CT molecular complexity index is 590. The minimum absolute atomic E-state index is 0.102. The lowest BCUT2D eigenvalue weighted by molar-refractivity contribution is -0.154. The molecule has 0 aliphatic rings. The fourth-order valence-corrected chi connectivity index (χ4v) is 2.25. The minimum Gasteiger partial charge on any atom is -0.508 e. The van der Waals surface area contributed by atoms with E-state index >= 15 is 0 Å². The number of hydrogen-bond acceptors (Lipinski definition) is 6. The van der Waals surface area contributed by atoms with Crippen LogP contribution in [0.4, 0.5) is 0 Å². The first-order valence-electron chi connectivity index (χ1n) is 8.49. The standard InChI is InChI=1S/C19H29NO5/c1-13(2)24-18(23)12-20-11-15-6-8-16(21)10-14(15)7-9-17(22)25-19(3,4)5/h6,8,10,13,20-21H,7,9,11-12H2,1-5H3. The molecule has 0 aliphatic carbocycles. The summed E-state index contributed by atoms with van der Waals surface area (Å²) in [7, 11) is 0.